The fourth-order valence-corrected chi connectivity index (χ4v) is 3.66. The molecule has 4 aromatic rings. The summed E-state index contributed by atoms with van der Waals surface area (Å²) in [6.45, 7) is 0. The summed E-state index contributed by atoms with van der Waals surface area (Å²) in [4.78, 5) is 5.46. The van der Waals surface area contributed by atoms with Gasteiger partial charge >= 0.3 is 0 Å². The molecule has 0 bridgehead atoms. The van der Waals surface area contributed by atoms with Gasteiger partial charge in [0.25, 0.3) is 0 Å². The number of hydrogen-bond acceptors (Lipinski definition) is 6. The largest absolute Gasteiger partial charge is 0.457 e. The highest BCUT2D eigenvalue weighted by atomic mass is 32.2. The van der Waals surface area contributed by atoms with Gasteiger partial charge in [-0.1, -0.05) is 42.5 Å². The first-order valence-corrected chi connectivity index (χ1v) is 10.4. The summed E-state index contributed by atoms with van der Waals surface area (Å²) < 4.78 is 5.85. The SMILES string of the molecule is N=C(N)c1c(-c2ccc(Oc3ccccc3)cc2)cnc(-c2cccc(SN)c2)c1N. The molecule has 6 nitrogen and oxygen atoms in total. The van der Waals surface area contributed by atoms with Gasteiger partial charge in [-0.25, -0.2) is 0 Å². The number of amidine groups is 1. The van der Waals surface area contributed by atoms with E-state index >= 15 is 0 Å². The van der Waals surface area contributed by atoms with Crippen LogP contribution in [-0.2, 0) is 0 Å². The zero-order valence-corrected chi connectivity index (χ0v) is 17.4. The number of nitrogens with one attached hydrogen (secondary N) is 1. The van der Waals surface area contributed by atoms with Crippen molar-refractivity contribution in [2.75, 3.05) is 5.73 Å². The summed E-state index contributed by atoms with van der Waals surface area (Å²) in [5, 5.41) is 13.8. The molecule has 7 heteroatoms. The summed E-state index contributed by atoms with van der Waals surface area (Å²) in [5.74, 6) is 1.34. The van der Waals surface area contributed by atoms with Crippen LogP contribution < -0.4 is 21.3 Å². The highest BCUT2D eigenvalue weighted by molar-refractivity contribution is 7.97. The van der Waals surface area contributed by atoms with E-state index in [4.69, 9.17) is 26.8 Å². The van der Waals surface area contributed by atoms with Gasteiger partial charge in [0.15, 0.2) is 0 Å². The lowest BCUT2D eigenvalue weighted by Crippen LogP contribution is -2.16. The van der Waals surface area contributed by atoms with E-state index in [9.17, 15) is 0 Å². The van der Waals surface area contributed by atoms with Crippen molar-refractivity contribution >= 4 is 23.5 Å². The third kappa shape index (κ3) is 4.37. The number of aromatic nitrogens is 1. The Morgan fingerprint density at radius 2 is 1.58 bits per heavy atom. The van der Waals surface area contributed by atoms with Gasteiger partial charge in [0.1, 0.15) is 17.3 Å². The fourth-order valence-electron chi connectivity index (χ4n) is 3.31. The van der Waals surface area contributed by atoms with E-state index in [1.54, 1.807) is 6.20 Å². The molecule has 0 amide bonds. The van der Waals surface area contributed by atoms with Crippen molar-refractivity contribution in [3.63, 3.8) is 0 Å². The number of hydrogen-bond donors (Lipinski definition) is 4. The molecule has 0 aliphatic rings. The molecule has 0 unspecified atom stereocenters. The molecule has 0 saturated heterocycles. The zero-order valence-electron chi connectivity index (χ0n) is 16.6. The summed E-state index contributed by atoms with van der Waals surface area (Å²) in [6, 6.07) is 24.7. The molecular formula is C24H21N5OS. The number of rotatable bonds is 6. The molecular weight excluding hydrogens is 406 g/mol. The van der Waals surface area contributed by atoms with Gasteiger partial charge in [0.05, 0.1) is 16.9 Å². The average Bonchev–Trinajstić information content (AvgIpc) is 2.80. The van der Waals surface area contributed by atoms with Crippen molar-refractivity contribution in [1.29, 1.82) is 5.41 Å². The van der Waals surface area contributed by atoms with E-state index in [0.717, 1.165) is 33.7 Å². The van der Waals surface area contributed by atoms with E-state index < -0.39 is 0 Å². The molecule has 1 aromatic heterocycles. The first kappa shape index (κ1) is 20.5. The van der Waals surface area contributed by atoms with Crippen molar-refractivity contribution in [2.24, 2.45) is 10.9 Å². The van der Waals surface area contributed by atoms with Crippen molar-refractivity contribution in [3.05, 3.63) is 90.6 Å². The number of nitrogens with two attached hydrogens (primary N) is 3. The molecule has 0 spiro atoms. The second-order valence-corrected chi connectivity index (χ2v) is 7.52. The maximum Gasteiger partial charge on any atom is 0.127 e. The van der Waals surface area contributed by atoms with E-state index in [1.807, 2.05) is 78.9 Å². The van der Waals surface area contributed by atoms with Gasteiger partial charge in [-0.05, 0) is 53.9 Å². The number of pyridine rings is 1. The average molecular weight is 428 g/mol. The van der Waals surface area contributed by atoms with Crippen LogP contribution in [0.5, 0.6) is 11.5 Å². The normalized spacial score (nSPS) is 10.6. The number of nitrogens with zero attached hydrogens (tertiary/aromatic N) is 1. The zero-order chi connectivity index (χ0) is 21.8. The number of ether oxygens (including phenoxy) is 1. The lowest BCUT2D eigenvalue weighted by Gasteiger charge is -2.15. The summed E-state index contributed by atoms with van der Waals surface area (Å²) in [5.41, 5.74) is 16.1. The summed E-state index contributed by atoms with van der Waals surface area (Å²) in [6.07, 6.45) is 1.69. The molecule has 0 aliphatic carbocycles. The monoisotopic (exact) mass is 427 g/mol. The lowest BCUT2D eigenvalue weighted by molar-refractivity contribution is 0.483. The minimum Gasteiger partial charge on any atom is -0.457 e. The van der Waals surface area contributed by atoms with Gasteiger partial charge in [0.2, 0.25) is 0 Å². The highest BCUT2D eigenvalue weighted by Crippen LogP contribution is 2.35. The molecule has 4 rings (SSSR count). The summed E-state index contributed by atoms with van der Waals surface area (Å²) in [7, 11) is 0. The molecule has 31 heavy (non-hydrogen) atoms. The van der Waals surface area contributed by atoms with Crippen LogP contribution in [0.4, 0.5) is 5.69 Å². The third-order valence-electron chi connectivity index (χ3n) is 4.77. The quantitative estimate of drug-likeness (QED) is 0.194. The van der Waals surface area contributed by atoms with E-state index in [-0.39, 0.29) is 5.84 Å². The standard InChI is InChI=1S/C24H21N5OS/c25-22-21(24(26)27)20(14-29-23(22)16-5-4-8-19(13-16)31-28)15-9-11-18(12-10-15)30-17-6-2-1-3-7-17/h1-14H,25,28H2,(H3,26,27). The Hall–Kier alpha value is -3.81. The van der Waals surface area contributed by atoms with Crippen molar-refractivity contribution < 1.29 is 4.74 Å². The minimum atomic E-state index is -0.120. The van der Waals surface area contributed by atoms with Crippen molar-refractivity contribution in [2.45, 2.75) is 4.90 Å². The maximum atomic E-state index is 8.12. The van der Waals surface area contributed by atoms with Gasteiger partial charge in [0, 0.05) is 22.2 Å². The second kappa shape index (κ2) is 8.91. The Morgan fingerprint density at radius 3 is 2.26 bits per heavy atom. The molecule has 0 radical (unpaired) electrons. The Kier molecular flexibility index (Phi) is 5.88. The van der Waals surface area contributed by atoms with Gasteiger partial charge < -0.3 is 16.2 Å². The second-order valence-electron chi connectivity index (χ2n) is 6.81. The molecule has 0 saturated carbocycles. The topological polar surface area (TPSA) is 124 Å². The first-order chi connectivity index (χ1) is 15.1. The predicted molar refractivity (Wildman–Crippen MR) is 127 cm³/mol. The molecule has 154 valence electrons. The minimum absolute atomic E-state index is 0.120. The smallest absolute Gasteiger partial charge is 0.127 e. The molecule has 7 N–H and O–H groups in total. The molecule has 3 aromatic carbocycles. The van der Waals surface area contributed by atoms with Gasteiger partial charge in [-0.15, -0.1) is 0 Å². The molecule has 0 fully saturated rings. The highest BCUT2D eigenvalue weighted by Gasteiger charge is 2.17. The number of nitrogen functional groups attached to an aromatic ring is 2. The Labute approximate surface area is 184 Å². The van der Waals surface area contributed by atoms with Crippen LogP contribution in [0.1, 0.15) is 5.56 Å². The van der Waals surface area contributed by atoms with Gasteiger partial charge in [-0.2, -0.15) is 0 Å². The van der Waals surface area contributed by atoms with E-state index in [0.29, 0.717) is 28.3 Å². The van der Waals surface area contributed by atoms with Crippen molar-refractivity contribution in [3.8, 4) is 33.9 Å². The Morgan fingerprint density at radius 1 is 0.871 bits per heavy atom. The van der Waals surface area contributed by atoms with Crippen molar-refractivity contribution in [1.82, 2.24) is 4.98 Å². The summed E-state index contributed by atoms with van der Waals surface area (Å²) >= 11 is 1.15. The van der Waals surface area contributed by atoms with E-state index in [1.165, 1.54) is 0 Å². The van der Waals surface area contributed by atoms with Crippen LogP contribution in [0.15, 0.2) is 90.0 Å². The number of benzene rings is 3. The number of anilines is 1. The maximum absolute atomic E-state index is 8.12. The van der Waals surface area contributed by atoms with Gasteiger partial charge in [-0.3, -0.25) is 15.5 Å². The first-order valence-electron chi connectivity index (χ1n) is 9.50. The molecule has 0 aliphatic heterocycles. The van der Waals surface area contributed by atoms with Crippen LogP contribution in [0.2, 0.25) is 0 Å². The van der Waals surface area contributed by atoms with Crippen LogP contribution in [0.3, 0.4) is 0 Å². The van der Waals surface area contributed by atoms with Crippen LogP contribution in [0, 0.1) is 5.41 Å². The predicted octanol–water partition coefficient (Wildman–Crippen LogP) is 5.04. The Balaban J connectivity index is 1.71. The van der Waals surface area contributed by atoms with Crippen LogP contribution >= 0.6 is 11.9 Å². The third-order valence-corrected chi connectivity index (χ3v) is 5.30. The Bertz CT molecular complexity index is 1230. The fraction of sp³-hybridized carbons (Fsp3) is 0. The van der Waals surface area contributed by atoms with Crippen LogP contribution in [-0.4, -0.2) is 10.8 Å². The lowest BCUT2D eigenvalue weighted by atomic mass is 9.97. The molecule has 1 heterocycles. The molecule has 0 atom stereocenters. The number of para-hydroxylation sites is 1. The van der Waals surface area contributed by atoms with Crippen LogP contribution in [0.25, 0.3) is 22.4 Å². The van der Waals surface area contributed by atoms with E-state index in [2.05, 4.69) is 4.98 Å².